The average Bonchev–Trinajstić information content (AvgIpc) is 3.37. The first-order valence-electron chi connectivity index (χ1n) is 11.7. The highest BCUT2D eigenvalue weighted by Crippen LogP contribution is 2.38. The van der Waals surface area contributed by atoms with E-state index in [1.807, 2.05) is 25.1 Å². The Bertz CT molecular complexity index is 1640. The minimum atomic E-state index is -5.08. The molecule has 1 aromatic heterocycles. The number of hydrogen-bond acceptors (Lipinski definition) is 9. The first kappa shape index (κ1) is 35.7. The molecule has 0 radical (unpaired) electrons. The van der Waals surface area contributed by atoms with E-state index >= 15 is 0 Å². The number of nitrogens with one attached hydrogen (secondary N) is 1. The highest BCUT2D eigenvalue weighted by Gasteiger charge is 2.38. The Morgan fingerprint density at radius 3 is 2.19 bits per heavy atom. The van der Waals surface area contributed by atoms with Crippen LogP contribution in [0.5, 0.6) is 0 Å². The van der Waals surface area contributed by atoms with E-state index in [2.05, 4.69) is 0 Å². The topological polar surface area (TPSA) is 196 Å². The van der Waals surface area contributed by atoms with Gasteiger partial charge in [0.25, 0.3) is 0 Å². The molecular weight excluding hydrogens is 654 g/mol. The molecule has 0 aliphatic heterocycles. The normalized spacial score (nSPS) is 12.1. The molecule has 0 aliphatic rings. The van der Waals surface area contributed by atoms with Gasteiger partial charge >= 0.3 is 24.1 Å². The Kier molecular flexibility index (Phi) is 12.2. The Morgan fingerprint density at radius 2 is 1.67 bits per heavy atom. The molecule has 0 amide bonds. The lowest BCUT2D eigenvalue weighted by molar-refractivity contribution is -0.192. The van der Waals surface area contributed by atoms with Gasteiger partial charge in [-0.1, -0.05) is 30.3 Å². The van der Waals surface area contributed by atoms with Gasteiger partial charge in [0.05, 0.1) is 25.3 Å². The van der Waals surface area contributed by atoms with Crippen LogP contribution < -0.4 is 5.73 Å². The summed E-state index contributed by atoms with van der Waals surface area (Å²) in [6.45, 7) is 1.88. The molecule has 0 saturated heterocycles. The van der Waals surface area contributed by atoms with Crippen LogP contribution >= 0.6 is 34.9 Å². The number of thioether (sulfide) groups is 2. The van der Waals surface area contributed by atoms with Crippen molar-refractivity contribution in [2.45, 2.75) is 44.5 Å². The Labute approximate surface area is 256 Å². The smallest absolute Gasteiger partial charge is 0.481 e. The minimum absolute atomic E-state index is 0.0827. The number of amidine groups is 1. The van der Waals surface area contributed by atoms with Gasteiger partial charge in [-0.3, -0.25) is 15.0 Å². The van der Waals surface area contributed by atoms with E-state index < -0.39 is 45.6 Å². The van der Waals surface area contributed by atoms with Crippen molar-refractivity contribution >= 4 is 68.4 Å². The molecule has 1 atom stereocenters. The number of carboxylic acid groups (broad SMARTS) is 3. The lowest BCUT2D eigenvalue weighted by Crippen LogP contribution is -2.21. The maximum absolute atomic E-state index is 13.6. The second-order valence-electron chi connectivity index (χ2n) is 8.56. The van der Waals surface area contributed by atoms with Crippen molar-refractivity contribution in [1.82, 2.24) is 0 Å². The number of aliphatic carboxylic acids is 3. The molecule has 232 valence electrons. The van der Waals surface area contributed by atoms with Gasteiger partial charge in [-0.05, 0) is 53.6 Å². The number of carboxylic acids is 3. The van der Waals surface area contributed by atoms with Crippen molar-refractivity contribution in [3.63, 3.8) is 0 Å². The number of benzene rings is 2. The van der Waals surface area contributed by atoms with Crippen molar-refractivity contribution in [3.8, 4) is 11.1 Å². The molecule has 0 spiro atoms. The summed E-state index contributed by atoms with van der Waals surface area (Å²) >= 11 is 3.44. The van der Waals surface area contributed by atoms with Crippen LogP contribution in [0.3, 0.4) is 0 Å². The van der Waals surface area contributed by atoms with E-state index in [1.54, 1.807) is 24.5 Å². The lowest BCUT2D eigenvalue weighted by atomic mass is 9.96. The van der Waals surface area contributed by atoms with Gasteiger partial charge in [-0.15, -0.1) is 34.9 Å². The zero-order valence-corrected chi connectivity index (χ0v) is 25.6. The molecule has 3 rings (SSSR count). The third-order valence-electron chi connectivity index (χ3n) is 5.52. The number of thiophene rings is 1. The van der Waals surface area contributed by atoms with E-state index in [0.717, 1.165) is 39.8 Å². The Balaban J connectivity index is 0.000000821. The summed E-state index contributed by atoms with van der Waals surface area (Å²) in [6.07, 6.45) is -3.83. The number of nitrogen functional groups attached to an aromatic ring is 1. The maximum Gasteiger partial charge on any atom is 0.490 e. The van der Waals surface area contributed by atoms with Crippen molar-refractivity contribution in [2.75, 3.05) is 6.26 Å². The zero-order valence-electron chi connectivity index (χ0n) is 22.3. The Morgan fingerprint density at radius 1 is 1.07 bits per heavy atom. The molecule has 3 aromatic rings. The van der Waals surface area contributed by atoms with Gasteiger partial charge in [0, 0.05) is 5.75 Å². The second kappa shape index (κ2) is 14.8. The highest BCUT2D eigenvalue weighted by molar-refractivity contribution is 8.01. The fraction of sp³-hybridized carbons (Fsp3) is 0.231. The fourth-order valence-corrected chi connectivity index (χ4v) is 8.52. The van der Waals surface area contributed by atoms with E-state index in [4.69, 9.17) is 26.2 Å². The van der Waals surface area contributed by atoms with E-state index in [9.17, 15) is 36.3 Å². The van der Waals surface area contributed by atoms with Crippen molar-refractivity contribution < 1.29 is 51.3 Å². The second-order valence-corrected chi connectivity index (χ2v) is 13.8. The molecule has 2 aromatic carbocycles. The van der Waals surface area contributed by atoms with Gasteiger partial charge in [-0.25, -0.2) is 13.2 Å². The van der Waals surface area contributed by atoms with Crippen LogP contribution in [0.2, 0.25) is 0 Å². The molecule has 0 fully saturated rings. The summed E-state index contributed by atoms with van der Waals surface area (Å²) < 4.78 is 59.4. The molecule has 1 heterocycles. The predicted molar refractivity (Wildman–Crippen MR) is 158 cm³/mol. The van der Waals surface area contributed by atoms with E-state index in [-0.39, 0.29) is 21.4 Å². The summed E-state index contributed by atoms with van der Waals surface area (Å²) in [5, 5.41) is 32.1. The molecule has 10 nitrogen and oxygen atoms in total. The zero-order chi connectivity index (χ0) is 32.7. The molecule has 0 aliphatic carbocycles. The summed E-state index contributed by atoms with van der Waals surface area (Å²) in [6, 6.07) is 13.5. The fourth-order valence-electron chi connectivity index (χ4n) is 3.59. The third kappa shape index (κ3) is 9.47. The van der Waals surface area contributed by atoms with E-state index in [1.165, 1.54) is 23.9 Å². The quantitative estimate of drug-likeness (QED) is 0.0995. The largest absolute Gasteiger partial charge is 0.490 e. The number of aryl methyl sites for hydroxylation is 1. The van der Waals surface area contributed by atoms with Crippen molar-refractivity contribution in [3.05, 3.63) is 64.5 Å². The summed E-state index contributed by atoms with van der Waals surface area (Å²) in [5.41, 5.74) is 8.62. The van der Waals surface area contributed by atoms with Crippen molar-refractivity contribution in [2.24, 2.45) is 5.73 Å². The summed E-state index contributed by atoms with van der Waals surface area (Å²) in [4.78, 5) is 32.0. The van der Waals surface area contributed by atoms with E-state index in [0.29, 0.717) is 14.6 Å². The van der Waals surface area contributed by atoms with Gasteiger partial charge in [0.1, 0.15) is 11.1 Å². The minimum Gasteiger partial charge on any atom is -0.481 e. The number of sulfone groups is 1. The van der Waals surface area contributed by atoms with Crippen molar-refractivity contribution in [1.29, 1.82) is 5.41 Å². The lowest BCUT2D eigenvalue weighted by Gasteiger charge is -2.16. The monoisotopic (exact) mass is 678 g/mol. The first-order valence-corrected chi connectivity index (χ1v) is 16.3. The molecule has 43 heavy (non-hydrogen) atoms. The number of alkyl halides is 3. The number of hydrogen-bond donors (Lipinski definition) is 5. The third-order valence-corrected chi connectivity index (χ3v) is 11.1. The summed E-state index contributed by atoms with van der Waals surface area (Å²) in [7, 11) is -3.91. The van der Waals surface area contributed by atoms with Gasteiger partial charge in [0.15, 0.2) is 0 Å². The maximum atomic E-state index is 13.6. The molecule has 6 N–H and O–H groups in total. The number of carbonyl (C=O) groups is 3. The van der Waals surface area contributed by atoms with Gasteiger partial charge < -0.3 is 21.1 Å². The molecular formula is C26H25F3N2O8S4. The van der Waals surface area contributed by atoms with Crippen LogP contribution in [0.1, 0.15) is 22.4 Å². The molecule has 0 bridgehead atoms. The number of halogens is 3. The van der Waals surface area contributed by atoms with Crippen LogP contribution in [-0.2, 0) is 30.0 Å². The Hall–Kier alpha value is -3.54. The van der Waals surface area contributed by atoms with Crippen LogP contribution in [0.4, 0.5) is 13.2 Å². The highest BCUT2D eigenvalue weighted by atomic mass is 32.2. The van der Waals surface area contributed by atoms with Gasteiger partial charge in [0.2, 0.25) is 9.84 Å². The van der Waals surface area contributed by atoms with Crippen LogP contribution in [-0.4, -0.2) is 65.2 Å². The molecule has 0 saturated carbocycles. The predicted octanol–water partition coefficient (Wildman–Crippen LogP) is 5.36. The number of nitrogens with two attached hydrogens (primary N) is 1. The molecule has 17 heteroatoms. The summed E-state index contributed by atoms with van der Waals surface area (Å²) in [5.74, 6) is -5.11. The van der Waals surface area contributed by atoms with Crippen LogP contribution in [0.15, 0.2) is 62.5 Å². The van der Waals surface area contributed by atoms with Crippen LogP contribution in [0.25, 0.3) is 11.1 Å². The SMILES string of the molecule is CSc1sc(C(=N)N)cc1S(=O)(=O)c1cccc(-c2c(C)cccc2CSC(CC(=O)O)C(=O)O)c1.O=C(O)C(F)(F)F. The average molecular weight is 679 g/mol. The standard InChI is InChI=1S/C24H24N2O6S4.C2HF3O2/c1-13-5-3-7-15(12-34-18(23(29)30)11-20(27)28)21(13)14-6-4-8-16(9-14)36(31,32)19-10-17(22(25)26)35-24(19)33-2;3-2(4,5)1(6)7/h3-10,18H,11-12H2,1-2H3,(H3,25,26)(H,27,28)(H,29,30);(H,6,7). The first-order chi connectivity index (χ1) is 19.9. The van der Waals surface area contributed by atoms with Gasteiger partial charge in [-0.2, -0.15) is 13.2 Å². The van der Waals surface area contributed by atoms with Crippen LogP contribution in [0, 0.1) is 12.3 Å². The number of rotatable bonds is 11. The molecule has 1 unspecified atom stereocenters.